The number of anilines is 1. The fourth-order valence-corrected chi connectivity index (χ4v) is 1.95. The smallest absolute Gasteiger partial charge is 0.270 e. The number of nitrogens with one attached hydrogen (secondary N) is 2. The zero-order valence-corrected chi connectivity index (χ0v) is 13.6. The number of rotatable bonds is 6. The van der Waals surface area contributed by atoms with Gasteiger partial charge in [-0.25, -0.2) is 14.4 Å². The third-order valence-corrected chi connectivity index (χ3v) is 3.44. The van der Waals surface area contributed by atoms with Gasteiger partial charge in [0, 0.05) is 18.3 Å². The molecule has 2 rings (SSSR count). The summed E-state index contributed by atoms with van der Waals surface area (Å²) < 4.78 is 12.9. The Morgan fingerprint density at radius 2 is 1.96 bits per heavy atom. The number of carbonyl (C=O) groups excluding carboxylic acids is 1. The zero-order chi connectivity index (χ0) is 16.8. The summed E-state index contributed by atoms with van der Waals surface area (Å²) in [7, 11) is 0. The van der Waals surface area contributed by atoms with Gasteiger partial charge in [0.15, 0.2) is 0 Å². The molecule has 0 bridgehead atoms. The second kappa shape index (κ2) is 7.67. The minimum atomic E-state index is -0.299. The van der Waals surface area contributed by atoms with Crippen molar-refractivity contribution in [3.63, 3.8) is 0 Å². The maximum absolute atomic E-state index is 12.9. The highest BCUT2D eigenvalue weighted by molar-refractivity contribution is 5.92. The maximum Gasteiger partial charge on any atom is 0.270 e. The van der Waals surface area contributed by atoms with Gasteiger partial charge in [-0.2, -0.15) is 0 Å². The molecule has 5 nitrogen and oxygen atoms in total. The third-order valence-electron chi connectivity index (χ3n) is 3.44. The molecular weight excluding hydrogens is 295 g/mol. The van der Waals surface area contributed by atoms with Gasteiger partial charge in [0.05, 0.1) is 0 Å². The number of hydrogen-bond donors (Lipinski definition) is 2. The number of aryl methyl sites for hydroxylation is 1. The van der Waals surface area contributed by atoms with E-state index in [1.165, 1.54) is 12.1 Å². The summed E-state index contributed by atoms with van der Waals surface area (Å²) in [4.78, 5) is 20.8. The predicted molar refractivity (Wildman–Crippen MR) is 87.7 cm³/mol. The van der Waals surface area contributed by atoms with Crippen LogP contribution in [0.25, 0.3) is 0 Å². The minimum absolute atomic E-state index is 0.229. The molecule has 122 valence electrons. The van der Waals surface area contributed by atoms with E-state index in [0.717, 1.165) is 17.7 Å². The quantitative estimate of drug-likeness (QED) is 0.859. The Morgan fingerprint density at radius 3 is 2.61 bits per heavy atom. The second-order valence-electron chi connectivity index (χ2n) is 5.48. The van der Waals surface area contributed by atoms with Gasteiger partial charge in [-0.3, -0.25) is 4.79 Å². The van der Waals surface area contributed by atoms with E-state index in [9.17, 15) is 9.18 Å². The number of amides is 1. The lowest BCUT2D eigenvalue weighted by Crippen LogP contribution is -2.25. The molecule has 23 heavy (non-hydrogen) atoms. The Hall–Kier alpha value is -2.50. The summed E-state index contributed by atoms with van der Waals surface area (Å²) in [6.45, 7) is 6.22. The molecule has 1 unspecified atom stereocenters. The molecule has 0 aliphatic carbocycles. The van der Waals surface area contributed by atoms with E-state index in [-0.39, 0.29) is 17.8 Å². The van der Waals surface area contributed by atoms with Crippen molar-refractivity contribution in [3.8, 4) is 0 Å². The summed E-state index contributed by atoms with van der Waals surface area (Å²) in [5.74, 6) is -0.134. The summed E-state index contributed by atoms with van der Waals surface area (Å²) in [6, 6.07) is 7.87. The van der Waals surface area contributed by atoms with Crippen LogP contribution in [-0.2, 0) is 6.54 Å². The van der Waals surface area contributed by atoms with Crippen LogP contribution in [0.4, 0.5) is 10.3 Å². The van der Waals surface area contributed by atoms with Crippen LogP contribution in [0.2, 0.25) is 0 Å². The molecule has 0 spiro atoms. The molecule has 0 aliphatic rings. The van der Waals surface area contributed by atoms with E-state index in [2.05, 4.69) is 27.5 Å². The summed E-state index contributed by atoms with van der Waals surface area (Å²) >= 11 is 0. The Labute approximate surface area is 135 Å². The first-order chi connectivity index (χ1) is 11.0. The monoisotopic (exact) mass is 316 g/mol. The van der Waals surface area contributed by atoms with Crippen molar-refractivity contribution in [2.45, 2.75) is 39.8 Å². The third kappa shape index (κ3) is 5.02. The van der Waals surface area contributed by atoms with Gasteiger partial charge in [0.25, 0.3) is 5.91 Å². The summed E-state index contributed by atoms with van der Waals surface area (Å²) in [6.07, 6.45) is 0.934. The molecule has 1 heterocycles. The molecule has 0 saturated carbocycles. The molecule has 0 fully saturated rings. The Kier molecular flexibility index (Phi) is 5.62. The molecule has 1 atom stereocenters. The topological polar surface area (TPSA) is 66.9 Å². The lowest BCUT2D eigenvalue weighted by Gasteiger charge is -2.13. The molecule has 1 amide bonds. The molecule has 2 aromatic rings. The molecule has 0 aliphatic heterocycles. The largest absolute Gasteiger partial charge is 0.352 e. The van der Waals surface area contributed by atoms with Crippen LogP contribution >= 0.6 is 0 Å². The summed E-state index contributed by atoms with van der Waals surface area (Å²) in [5.41, 5.74) is 1.85. The normalized spacial score (nSPS) is 11.8. The number of carbonyl (C=O) groups is 1. The van der Waals surface area contributed by atoms with Crippen LogP contribution in [0.5, 0.6) is 0 Å². The van der Waals surface area contributed by atoms with Crippen LogP contribution in [-0.4, -0.2) is 21.9 Å². The number of nitrogens with zero attached hydrogens (tertiary/aromatic N) is 2. The van der Waals surface area contributed by atoms with Gasteiger partial charge in [0.2, 0.25) is 5.95 Å². The van der Waals surface area contributed by atoms with Crippen molar-refractivity contribution in [1.29, 1.82) is 0 Å². The van der Waals surface area contributed by atoms with E-state index < -0.39 is 0 Å². The van der Waals surface area contributed by atoms with Crippen molar-refractivity contribution in [1.82, 2.24) is 15.3 Å². The molecule has 0 saturated heterocycles. The molecule has 1 aromatic carbocycles. The van der Waals surface area contributed by atoms with Gasteiger partial charge in [0.1, 0.15) is 11.5 Å². The van der Waals surface area contributed by atoms with E-state index in [0.29, 0.717) is 18.2 Å². The van der Waals surface area contributed by atoms with Crippen molar-refractivity contribution in [3.05, 3.63) is 53.1 Å². The van der Waals surface area contributed by atoms with Gasteiger partial charge >= 0.3 is 0 Å². The highest BCUT2D eigenvalue weighted by atomic mass is 19.1. The number of benzene rings is 1. The number of hydrogen-bond acceptors (Lipinski definition) is 4. The van der Waals surface area contributed by atoms with E-state index >= 15 is 0 Å². The summed E-state index contributed by atoms with van der Waals surface area (Å²) in [5, 5.41) is 5.94. The van der Waals surface area contributed by atoms with Crippen LogP contribution in [0.15, 0.2) is 30.3 Å². The zero-order valence-electron chi connectivity index (χ0n) is 13.6. The van der Waals surface area contributed by atoms with Crippen LogP contribution < -0.4 is 10.6 Å². The Morgan fingerprint density at radius 1 is 1.26 bits per heavy atom. The molecule has 1 aromatic heterocycles. The number of halogens is 1. The van der Waals surface area contributed by atoms with Crippen molar-refractivity contribution in [2.24, 2.45) is 0 Å². The van der Waals surface area contributed by atoms with E-state index in [1.54, 1.807) is 18.2 Å². The lowest BCUT2D eigenvalue weighted by molar-refractivity contribution is 0.0945. The Balaban J connectivity index is 2.04. The van der Waals surface area contributed by atoms with Gasteiger partial charge in [-0.05, 0) is 44.0 Å². The average molecular weight is 316 g/mol. The Bertz CT molecular complexity index is 673. The van der Waals surface area contributed by atoms with Crippen LogP contribution in [0.3, 0.4) is 0 Å². The van der Waals surface area contributed by atoms with Crippen LogP contribution in [0, 0.1) is 12.7 Å². The van der Waals surface area contributed by atoms with E-state index in [1.807, 2.05) is 13.8 Å². The van der Waals surface area contributed by atoms with Crippen molar-refractivity contribution < 1.29 is 9.18 Å². The first-order valence-electron chi connectivity index (χ1n) is 7.62. The van der Waals surface area contributed by atoms with Gasteiger partial charge < -0.3 is 10.6 Å². The SMILES string of the molecule is CCC(C)Nc1nc(C)cc(C(=O)NCc2ccc(F)cc2)n1. The van der Waals surface area contributed by atoms with Crippen LogP contribution in [0.1, 0.15) is 42.0 Å². The molecular formula is C17H21FN4O. The predicted octanol–water partition coefficient (Wildman–Crippen LogP) is 3.06. The molecule has 0 radical (unpaired) electrons. The van der Waals surface area contributed by atoms with Gasteiger partial charge in [-0.15, -0.1) is 0 Å². The number of aromatic nitrogens is 2. The second-order valence-corrected chi connectivity index (χ2v) is 5.48. The first-order valence-corrected chi connectivity index (χ1v) is 7.62. The minimum Gasteiger partial charge on any atom is -0.352 e. The fourth-order valence-electron chi connectivity index (χ4n) is 1.95. The molecule has 6 heteroatoms. The van der Waals surface area contributed by atoms with E-state index in [4.69, 9.17) is 0 Å². The average Bonchev–Trinajstić information content (AvgIpc) is 2.53. The van der Waals surface area contributed by atoms with Gasteiger partial charge in [-0.1, -0.05) is 19.1 Å². The maximum atomic E-state index is 12.9. The fraction of sp³-hybridized carbons (Fsp3) is 0.353. The van der Waals surface area contributed by atoms with Crippen molar-refractivity contribution >= 4 is 11.9 Å². The highest BCUT2D eigenvalue weighted by Gasteiger charge is 2.11. The van der Waals surface area contributed by atoms with Crippen molar-refractivity contribution in [2.75, 3.05) is 5.32 Å². The first kappa shape index (κ1) is 16.9. The standard InChI is InChI=1S/C17H21FN4O/c1-4-11(2)20-17-21-12(3)9-15(22-17)16(23)19-10-13-5-7-14(18)8-6-13/h5-9,11H,4,10H2,1-3H3,(H,19,23)(H,20,21,22). The lowest BCUT2D eigenvalue weighted by atomic mass is 10.2. The highest BCUT2D eigenvalue weighted by Crippen LogP contribution is 2.08. The molecule has 2 N–H and O–H groups in total.